The molecule has 1 nitrogen and oxygen atoms in total. The van der Waals surface area contributed by atoms with Crippen molar-refractivity contribution in [1.29, 1.82) is 0 Å². The van der Waals surface area contributed by atoms with Gasteiger partial charge in [0.25, 0.3) is 0 Å². The van der Waals surface area contributed by atoms with E-state index in [0.717, 1.165) is 11.4 Å². The maximum absolute atomic E-state index is 4.50. The third-order valence-corrected chi connectivity index (χ3v) is 2.54. The molecule has 1 aromatic heterocycles. The third kappa shape index (κ3) is 6.19. The molecule has 0 bridgehead atoms. The molecule has 0 saturated carbocycles. The van der Waals surface area contributed by atoms with Gasteiger partial charge in [-0.2, -0.15) is 5.56 Å². The third-order valence-electron chi connectivity index (χ3n) is 2.54. The molecule has 0 aliphatic rings. The van der Waals surface area contributed by atoms with Crippen molar-refractivity contribution in [2.24, 2.45) is 0 Å². The van der Waals surface area contributed by atoms with Gasteiger partial charge in [0.1, 0.15) is 0 Å². The standard InChI is InChI=1S/C12H17N.2CH3.2Y/c1-6-11-8(3)9(4)13-10(5)12(11)7-2;;;;/h6-7H,1-5H3;2*1H3;;/q-2;2*-1;;. The van der Waals surface area contributed by atoms with Crippen LogP contribution in [-0.2, 0) is 65.4 Å². The molecular weight excluding hydrogens is 360 g/mol. The van der Waals surface area contributed by atoms with Crippen LogP contribution in [0.15, 0.2) is 0 Å². The Bertz CT molecular complexity index is 322. The molecule has 0 aliphatic carbocycles. The van der Waals surface area contributed by atoms with Crippen molar-refractivity contribution in [3.63, 3.8) is 0 Å². The minimum atomic E-state index is 0. The first kappa shape index (κ1) is 26.6. The second kappa shape index (κ2) is 12.1. The van der Waals surface area contributed by atoms with Crippen molar-refractivity contribution in [3.05, 3.63) is 55.8 Å². The monoisotopic (exact) mass is 383 g/mol. The number of pyridine rings is 1. The molecule has 0 amide bonds. The van der Waals surface area contributed by atoms with E-state index in [1.54, 1.807) is 0 Å². The number of aryl methyl sites for hydroxylation is 2. The van der Waals surface area contributed by atoms with Gasteiger partial charge in [-0.1, -0.05) is 13.8 Å². The predicted octanol–water partition coefficient (Wildman–Crippen LogP) is 4.05. The van der Waals surface area contributed by atoms with E-state index in [1.165, 1.54) is 16.7 Å². The van der Waals surface area contributed by atoms with E-state index < -0.39 is 0 Å². The van der Waals surface area contributed by atoms with Crippen LogP contribution in [0.5, 0.6) is 0 Å². The molecule has 1 rings (SSSR count). The Balaban J connectivity index is -0.000000211. The molecule has 0 spiro atoms. The number of rotatable bonds is 2. The van der Waals surface area contributed by atoms with Crippen LogP contribution in [0.3, 0.4) is 0 Å². The van der Waals surface area contributed by atoms with E-state index in [9.17, 15) is 0 Å². The Morgan fingerprint density at radius 2 is 1.18 bits per heavy atom. The van der Waals surface area contributed by atoms with Gasteiger partial charge in [0.05, 0.1) is 0 Å². The first-order chi connectivity index (χ1) is 6.11. The molecule has 0 fully saturated rings. The Labute approximate surface area is 159 Å². The van der Waals surface area contributed by atoms with Crippen LogP contribution in [0.1, 0.15) is 41.9 Å². The summed E-state index contributed by atoms with van der Waals surface area (Å²) in [6, 6.07) is 0. The molecule has 0 unspecified atom stereocenters. The zero-order valence-electron chi connectivity index (χ0n) is 12.3. The van der Waals surface area contributed by atoms with Gasteiger partial charge in [0, 0.05) is 65.4 Å². The van der Waals surface area contributed by atoms with Gasteiger partial charge in [-0.15, -0.1) is 19.5 Å². The maximum atomic E-state index is 4.50. The second-order valence-corrected chi connectivity index (χ2v) is 3.31. The predicted molar refractivity (Wildman–Crippen MR) is 69.4 cm³/mol. The van der Waals surface area contributed by atoms with Gasteiger partial charge in [-0.3, -0.25) is 11.1 Å². The fourth-order valence-corrected chi connectivity index (χ4v) is 1.72. The Kier molecular flexibility index (Phi) is 19.0. The molecule has 0 saturated heterocycles. The van der Waals surface area contributed by atoms with Crippen molar-refractivity contribution < 1.29 is 65.4 Å². The molecule has 0 aliphatic heterocycles. The molecular formula is C14H23NY2-4. The van der Waals surface area contributed by atoms with Crippen molar-refractivity contribution in [3.8, 4) is 0 Å². The largest absolute Gasteiger partial charge is 0.358 e. The summed E-state index contributed by atoms with van der Waals surface area (Å²) in [7, 11) is 0. The molecule has 1 aromatic rings. The van der Waals surface area contributed by atoms with Gasteiger partial charge in [-0.05, 0) is 12.6 Å². The maximum Gasteiger partial charge on any atom is 0 e. The smallest absolute Gasteiger partial charge is 0 e. The van der Waals surface area contributed by atoms with Gasteiger partial charge >= 0.3 is 0 Å². The average Bonchev–Trinajstić information content (AvgIpc) is 2.10. The van der Waals surface area contributed by atoms with Gasteiger partial charge in [0.15, 0.2) is 0 Å². The van der Waals surface area contributed by atoms with E-state index in [4.69, 9.17) is 0 Å². The van der Waals surface area contributed by atoms with E-state index >= 15 is 0 Å². The van der Waals surface area contributed by atoms with Crippen LogP contribution in [0.4, 0.5) is 0 Å². The molecule has 17 heavy (non-hydrogen) atoms. The van der Waals surface area contributed by atoms with E-state index in [2.05, 4.69) is 52.4 Å². The van der Waals surface area contributed by atoms with Crippen LogP contribution >= 0.6 is 0 Å². The van der Waals surface area contributed by atoms with Crippen molar-refractivity contribution in [2.45, 2.75) is 34.6 Å². The van der Waals surface area contributed by atoms with Crippen LogP contribution < -0.4 is 0 Å². The van der Waals surface area contributed by atoms with Crippen LogP contribution in [-0.4, -0.2) is 4.98 Å². The number of hydrogen-bond acceptors (Lipinski definition) is 1. The van der Waals surface area contributed by atoms with Crippen LogP contribution in [0.2, 0.25) is 0 Å². The summed E-state index contributed by atoms with van der Waals surface area (Å²) in [5, 5.41) is 0. The fourth-order valence-electron chi connectivity index (χ4n) is 1.72. The summed E-state index contributed by atoms with van der Waals surface area (Å²) in [5.74, 6) is 0. The zero-order chi connectivity index (χ0) is 10.0. The fraction of sp³-hybridized carbons (Fsp3) is 0.357. The molecule has 0 atom stereocenters. The van der Waals surface area contributed by atoms with E-state index in [-0.39, 0.29) is 80.3 Å². The summed E-state index contributed by atoms with van der Waals surface area (Å²) in [4.78, 5) is 4.50. The minimum absolute atomic E-state index is 0. The van der Waals surface area contributed by atoms with Crippen molar-refractivity contribution in [2.75, 3.05) is 0 Å². The van der Waals surface area contributed by atoms with E-state index in [0.29, 0.717) is 0 Å². The van der Waals surface area contributed by atoms with Crippen LogP contribution in [0.25, 0.3) is 0 Å². The summed E-state index contributed by atoms with van der Waals surface area (Å²) in [5.41, 5.74) is 6.15. The quantitative estimate of drug-likeness (QED) is 0.703. The van der Waals surface area contributed by atoms with Gasteiger partial charge < -0.3 is 19.8 Å². The molecule has 94 valence electrons. The molecule has 2 radical (unpaired) electrons. The molecule has 1 heterocycles. The second-order valence-electron chi connectivity index (χ2n) is 3.31. The molecule has 0 N–H and O–H groups in total. The Hall–Kier alpha value is 1.10. The summed E-state index contributed by atoms with van der Waals surface area (Å²) < 4.78 is 0. The number of aromatic nitrogens is 1. The van der Waals surface area contributed by atoms with E-state index in [1.807, 2.05) is 0 Å². The van der Waals surface area contributed by atoms with Gasteiger partial charge in [0.2, 0.25) is 0 Å². The Morgan fingerprint density at radius 1 is 0.765 bits per heavy atom. The zero-order valence-corrected chi connectivity index (χ0v) is 17.9. The average molecular weight is 383 g/mol. The summed E-state index contributed by atoms with van der Waals surface area (Å²) in [6.07, 6.45) is 4.29. The number of nitrogens with zero attached hydrogens (tertiary/aromatic N) is 1. The SMILES string of the molecule is C[CH-]c1c(C)nc(C)c(C)c1[CH-]C.[CH3-].[CH3-].[Y].[Y]. The summed E-state index contributed by atoms with van der Waals surface area (Å²) in [6.45, 7) is 10.4. The first-order valence-corrected chi connectivity index (χ1v) is 4.68. The number of hydrogen-bond donors (Lipinski definition) is 0. The molecule has 0 aromatic carbocycles. The topological polar surface area (TPSA) is 12.9 Å². The Morgan fingerprint density at radius 3 is 1.53 bits per heavy atom. The van der Waals surface area contributed by atoms with Crippen molar-refractivity contribution in [1.82, 2.24) is 4.98 Å². The molecule has 3 heteroatoms. The summed E-state index contributed by atoms with van der Waals surface area (Å²) >= 11 is 0. The normalized spacial score (nSPS) is 7.59. The van der Waals surface area contributed by atoms with Gasteiger partial charge in [-0.25, -0.2) is 12.8 Å². The van der Waals surface area contributed by atoms with Crippen molar-refractivity contribution >= 4 is 0 Å². The van der Waals surface area contributed by atoms with Crippen LogP contribution in [0, 0.1) is 48.5 Å². The minimum Gasteiger partial charge on any atom is -0.358 e. The first-order valence-electron chi connectivity index (χ1n) is 4.68.